The summed E-state index contributed by atoms with van der Waals surface area (Å²) >= 11 is 0. The first-order chi connectivity index (χ1) is 5.83. The minimum atomic E-state index is 0.259. The summed E-state index contributed by atoms with van der Waals surface area (Å²) < 4.78 is 10.5. The van der Waals surface area contributed by atoms with E-state index in [9.17, 15) is 0 Å². The van der Waals surface area contributed by atoms with E-state index in [-0.39, 0.29) is 5.41 Å². The predicted octanol–water partition coefficient (Wildman–Crippen LogP) is 1.34. The van der Waals surface area contributed by atoms with Crippen LogP contribution in [0.1, 0.15) is 19.8 Å². The molecule has 0 N–H and O–H groups in total. The van der Waals surface area contributed by atoms with Gasteiger partial charge in [0.25, 0.3) is 0 Å². The Balaban J connectivity index is 2.09. The smallest absolute Gasteiger partial charge is 0.0645 e. The van der Waals surface area contributed by atoms with Gasteiger partial charge in [0.2, 0.25) is 0 Å². The fraction of sp³-hybridized carbons (Fsp3) is 0.889. The maximum Gasteiger partial charge on any atom is 0.0645 e. The van der Waals surface area contributed by atoms with Gasteiger partial charge in [-0.25, -0.2) is 0 Å². The monoisotopic (exact) mass is 169 g/mol. The second-order valence-corrected chi connectivity index (χ2v) is 3.31. The number of hydrogen-bond acceptors (Lipinski definition) is 3. The molecule has 68 valence electrons. The van der Waals surface area contributed by atoms with Crippen LogP contribution in [0.4, 0.5) is 0 Å². The first-order valence-electron chi connectivity index (χ1n) is 4.35. The predicted molar refractivity (Wildman–Crippen MR) is 44.6 cm³/mol. The number of nitrogens with zero attached hydrogens (tertiary/aromatic N) is 1. The minimum Gasteiger partial charge on any atom is -0.380 e. The highest BCUT2D eigenvalue weighted by Gasteiger charge is 2.36. The van der Waals surface area contributed by atoms with Gasteiger partial charge in [0, 0.05) is 5.41 Å². The molecular formula is C9H15NO2. The zero-order valence-corrected chi connectivity index (χ0v) is 7.51. The second kappa shape index (κ2) is 4.44. The van der Waals surface area contributed by atoms with Crippen molar-refractivity contribution in [1.29, 1.82) is 5.26 Å². The molecule has 3 heteroatoms. The van der Waals surface area contributed by atoms with Crippen LogP contribution < -0.4 is 0 Å². The first-order valence-corrected chi connectivity index (χ1v) is 4.35. The van der Waals surface area contributed by atoms with Crippen molar-refractivity contribution < 1.29 is 9.47 Å². The molecule has 1 heterocycles. The molecule has 0 atom stereocenters. The standard InChI is InChI=1S/C9H15NO2/c1-2-9(7-12-8-9)6-11-5-3-4-10/h2-3,5-8H2,1H3. The molecule has 0 saturated carbocycles. The van der Waals surface area contributed by atoms with Crippen LogP contribution in [0.3, 0.4) is 0 Å². The van der Waals surface area contributed by atoms with Crippen LogP contribution in [-0.2, 0) is 9.47 Å². The quantitative estimate of drug-likeness (QED) is 0.583. The Morgan fingerprint density at radius 2 is 2.33 bits per heavy atom. The van der Waals surface area contributed by atoms with Crippen molar-refractivity contribution >= 4 is 0 Å². The van der Waals surface area contributed by atoms with Crippen molar-refractivity contribution in [1.82, 2.24) is 0 Å². The third kappa shape index (κ3) is 2.20. The van der Waals surface area contributed by atoms with Crippen molar-refractivity contribution in [3.63, 3.8) is 0 Å². The molecule has 0 radical (unpaired) electrons. The lowest BCUT2D eigenvalue weighted by atomic mass is 9.84. The molecule has 12 heavy (non-hydrogen) atoms. The molecule has 0 unspecified atom stereocenters. The first kappa shape index (κ1) is 9.50. The second-order valence-electron chi connectivity index (χ2n) is 3.31. The Hall–Kier alpha value is -0.590. The maximum atomic E-state index is 8.27. The van der Waals surface area contributed by atoms with Crippen LogP contribution in [0.15, 0.2) is 0 Å². The molecule has 0 aromatic carbocycles. The normalized spacial score (nSPS) is 19.7. The van der Waals surface area contributed by atoms with Gasteiger partial charge >= 0.3 is 0 Å². The summed E-state index contributed by atoms with van der Waals surface area (Å²) in [5.74, 6) is 0. The zero-order valence-electron chi connectivity index (χ0n) is 7.51. The summed E-state index contributed by atoms with van der Waals surface area (Å²) in [6.07, 6.45) is 1.58. The molecular weight excluding hydrogens is 154 g/mol. The molecule has 0 aromatic heterocycles. The summed E-state index contributed by atoms with van der Waals surface area (Å²) in [5.41, 5.74) is 0.259. The van der Waals surface area contributed by atoms with Crippen LogP contribution in [-0.4, -0.2) is 26.4 Å². The Morgan fingerprint density at radius 1 is 1.58 bits per heavy atom. The van der Waals surface area contributed by atoms with Crippen molar-refractivity contribution in [2.24, 2.45) is 5.41 Å². The molecule has 0 spiro atoms. The lowest BCUT2D eigenvalue weighted by Crippen LogP contribution is -2.45. The third-order valence-electron chi connectivity index (χ3n) is 2.33. The lowest BCUT2D eigenvalue weighted by Gasteiger charge is -2.40. The molecule has 1 fully saturated rings. The summed E-state index contributed by atoms with van der Waals surface area (Å²) in [6, 6.07) is 2.05. The average molecular weight is 169 g/mol. The van der Waals surface area contributed by atoms with Gasteiger partial charge in [-0.1, -0.05) is 6.92 Å². The van der Waals surface area contributed by atoms with Gasteiger partial charge in [0.15, 0.2) is 0 Å². The van der Waals surface area contributed by atoms with E-state index in [4.69, 9.17) is 14.7 Å². The van der Waals surface area contributed by atoms with Crippen LogP contribution in [0, 0.1) is 16.7 Å². The van der Waals surface area contributed by atoms with E-state index in [2.05, 4.69) is 13.0 Å². The summed E-state index contributed by atoms with van der Waals surface area (Å²) in [7, 11) is 0. The van der Waals surface area contributed by atoms with Crippen LogP contribution in [0.5, 0.6) is 0 Å². The molecule has 0 aliphatic carbocycles. The van der Waals surface area contributed by atoms with Gasteiger partial charge in [-0.15, -0.1) is 0 Å². The summed E-state index contributed by atoms with van der Waals surface area (Å²) in [5, 5.41) is 8.27. The van der Waals surface area contributed by atoms with E-state index < -0.39 is 0 Å². The average Bonchev–Trinajstić information content (AvgIpc) is 2.02. The van der Waals surface area contributed by atoms with E-state index in [1.165, 1.54) is 0 Å². The van der Waals surface area contributed by atoms with Crippen molar-refractivity contribution in [2.45, 2.75) is 19.8 Å². The molecule has 1 saturated heterocycles. The maximum absolute atomic E-state index is 8.27. The fourth-order valence-electron chi connectivity index (χ4n) is 1.19. The van der Waals surface area contributed by atoms with Gasteiger partial charge in [-0.2, -0.15) is 5.26 Å². The van der Waals surface area contributed by atoms with E-state index in [0.29, 0.717) is 13.0 Å². The highest BCUT2D eigenvalue weighted by Crippen LogP contribution is 2.31. The highest BCUT2D eigenvalue weighted by molar-refractivity contribution is 4.84. The van der Waals surface area contributed by atoms with E-state index in [1.54, 1.807) is 0 Å². The third-order valence-corrected chi connectivity index (χ3v) is 2.33. The van der Waals surface area contributed by atoms with Gasteiger partial charge in [-0.05, 0) is 6.42 Å². The molecule has 1 rings (SSSR count). The van der Waals surface area contributed by atoms with E-state index in [1.807, 2.05) is 0 Å². The Bertz CT molecular complexity index is 164. The van der Waals surface area contributed by atoms with Gasteiger partial charge in [0.05, 0.1) is 38.9 Å². The van der Waals surface area contributed by atoms with Crippen molar-refractivity contribution in [3.05, 3.63) is 0 Å². The minimum absolute atomic E-state index is 0.259. The molecule has 0 amide bonds. The van der Waals surface area contributed by atoms with Gasteiger partial charge < -0.3 is 9.47 Å². The van der Waals surface area contributed by atoms with Crippen molar-refractivity contribution in [3.8, 4) is 6.07 Å². The van der Waals surface area contributed by atoms with Gasteiger partial charge in [0.1, 0.15) is 0 Å². The molecule has 1 aliphatic rings. The molecule has 0 aromatic rings. The highest BCUT2D eigenvalue weighted by atomic mass is 16.5. The van der Waals surface area contributed by atoms with E-state index in [0.717, 1.165) is 26.2 Å². The lowest BCUT2D eigenvalue weighted by molar-refractivity contribution is -0.149. The fourth-order valence-corrected chi connectivity index (χ4v) is 1.19. The topological polar surface area (TPSA) is 42.2 Å². The van der Waals surface area contributed by atoms with Crippen LogP contribution in [0.2, 0.25) is 0 Å². The Kier molecular flexibility index (Phi) is 3.51. The van der Waals surface area contributed by atoms with E-state index >= 15 is 0 Å². The summed E-state index contributed by atoms with van der Waals surface area (Å²) in [4.78, 5) is 0. The molecule has 1 aliphatic heterocycles. The number of nitriles is 1. The molecule has 3 nitrogen and oxygen atoms in total. The van der Waals surface area contributed by atoms with Crippen LogP contribution in [0.25, 0.3) is 0 Å². The summed E-state index contributed by atoms with van der Waals surface area (Å²) in [6.45, 7) is 5.08. The molecule has 0 bridgehead atoms. The number of hydrogen-bond donors (Lipinski definition) is 0. The van der Waals surface area contributed by atoms with Gasteiger partial charge in [-0.3, -0.25) is 0 Å². The van der Waals surface area contributed by atoms with Crippen LogP contribution >= 0.6 is 0 Å². The largest absolute Gasteiger partial charge is 0.380 e. The number of ether oxygens (including phenoxy) is 2. The van der Waals surface area contributed by atoms with Crippen molar-refractivity contribution in [2.75, 3.05) is 26.4 Å². The Labute approximate surface area is 73.3 Å². The Morgan fingerprint density at radius 3 is 2.75 bits per heavy atom. The zero-order chi connectivity index (χ0) is 8.86. The SMILES string of the molecule is CCC1(COCCC#N)COC1. The number of rotatable bonds is 5.